The molecule has 0 bridgehead atoms. The second-order valence-corrected chi connectivity index (χ2v) is 11.0. The Morgan fingerprint density at radius 2 is 1.92 bits per heavy atom. The lowest BCUT2D eigenvalue weighted by Gasteiger charge is -2.40. The van der Waals surface area contributed by atoms with E-state index in [0.29, 0.717) is 49.5 Å². The van der Waals surface area contributed by atoms with Crippen LogP contribution in [0.5, 0.6) is 11.5 Å². The van der Waals surface area contributed by atoms with E-state index in [9.17, 15) is 24.6 Å². The maximum atomic E-state index is 13.7. The van der Waals surface area contributed by atoms with Gasteiger partial charge >= 0.3 is 11.9 Å². The quantitative estimate of drug-likeness (QED) is 0.463. The summed E-state index contributed by atoms with van der Waals surface area (Å²) in [6.45, 7) is 4.32. The fourth-order valence-corrected chi connectivity index (χ4v) is 6.31. The molecule has 0 radical (unpaired) electrons. The number of benzene rings is 1. The van der Waals surface area contributed by atoms with Gasteiger partial charge in [-0.3, -0.25) is 4.79 Å². The molecule has 3 heterocycles. The Morgan fingerprint density at radius 3 is 2.59 bits per heavy atom. The predicted octanol–water partition coefficient (Wildman–Crippen LogP) is 1.57. The van der Waals surface area contributed by atoms with Crippen LogP contribution in [-0.2, 0) is 35.0 Å². The predicted molar refractivity (Wildman–Crippen MR) is 135 cm³/mol. The lowest BCUT2D eigenvalue weighted by Crippen LogP contribution is -2.56. The summed E-state index contributed by atoms with van der Waals surface area (Å²) in [5, 5.41) is 22.1. The van der Waals surface area contributed by atoms with Crippen molar-refractivity contribution in [2.45, 2.75) is 75.2 Å². The monoisotopic (exact) mass is 545 g/mol. The molecular formula is C28H35NO10. The van der Waals surface area contributed by atoms with E-state index in [2.05, 4.69) is 4.74 Å². The number of rotatable bonds is 8. The summed E-state index contributed by atoms with van der Waals surface area (Å²) in [6.07, 6.45) is 0.101. The van der Waals surface area contributed by atoms with E-state index in [1.54, 1.807) is 0 Å². The van der Waals surface area contributed by atoms with Gasteiger partial charge in [0.2, 0.25) is 12.7 Å². The zero-order valence-corrected chi connectivity index (χ0v) is 22.6. The number of hydrogen-bond donors (Lipinski definition) is 2. The molecule has 11 heteroatoms. The smallest absolute Gasteiger partial charge is 0.342 e. The number of hydrogen-bond acceptors (Lipinski definition) is 10. The molecule has 1 saturated heterocycles. The number of carbonyl (C=O) groups is 3. The molecule has 1 aromatic carbocycles. The molecule has 3 aliphatic heterocycles. The van der Waals surface area contributed by atoms with E-state index >= 15 is 0 Å². The van der Waals surface area contributed by atoms with Crippen molar-refractivity contribution < 1.29 is 48.3 Å². The van der Waals surface area contributed by atoms with Crippen LogP contribution in [0.3, 0.4) is 0 Å². The Labute approximate surface area is 226 Å². The van der Waals surface area contributed by atoms with Crippen LogP contribution in [0.2, 0.25) is 0 Å². The van der Waals surface area contributed by atoms with Crippen molar-refractivity contribution in [3.63, 3.8) is 0 Å². The molecule has 39 heavy (non-hydrogen) atoms. The van der Waals surface area contributed by atoms with Crippen molar-refractivity contribution in [1.82, 2.24) is 4.90 Å². The Hall–Kier alpha value is -3.31. The highest BCUT2D eigenvalue weighted by molar-refractivity contribution is 5.89. The standard InChI is InChI=1S/C28H35NO10/c1-15(2)5-9-28(34,24(31)25(32)36-4)26(33)39-23-20(35-3)13-27-8-6-21(30)29(27)10-7-16-11-18-19(38-14-37-18)12-17(16)22(23)27/h11-13,15,22-24,31,34H,5-10,14H2,1-4H3. The summed E-state index contributed by atoms with van der Waals surface area (Å²) in [6, 6.07) is 3.75. The number of nitrogens with zero attached hydrogens (tertiary/aromatic N) is 1. The number of esters is 2. The van der Waals surface area contributed by atoms with Gasteiger partial charge in [0.15, 0.2) is 29.3 Å². The molecule has 1 spiro atoms. The minimum Gasteiger partial charge on any atom is -0.497 e. The highest BCUT2D eigenvalue weighted by Gasteiger charge is 2.61. The van der Waals surface area contributed by atoms with Crippen LogP contribution in [0.1, 0.15) is 56.6 Å². The number of aliphatic hydroxyl groups is 2. The summed E-state index contributed by atoms with van der Waals surface area (Å²) in [5.74, 6) is -1.39. The summed E-state index contributed by atoms with van der Waals surface area (Å²) < 4.78 is 27.6. The second-order valence-electron chi connectivity index (χ2n) is 11.0. The van der Waals surface area contributed by atoms with E-state index in [1.165, 1.54) is 7.11 Å². The lowest BCUT2D eigenvalue weighted by molar-refractivity contribution is -0.195. The van der Waals surface area contributed by atoms with Gasteiger partial charge in [-0.25, -0.2) is 9.59 Å². The Morgan fingerprint density at radius 1 is 1.21 bits per heavy atom. The van der Waals surface area contributed by atoms with Gasteiger partial charge in [-0.15, -0.1) is 0 Å². The largest absolute Gasteiger partial charge is 0.497 e. The third-order valence-electron chi connectivity index (χ3n) is 8.43. The molecule has 5 atom stereocenters. The van der Waals surface area contributed by atoms with Crippen LogP contribution in [0.25, 0.3) is 0 Å². The first-order chi connectivity index (χ1) is 18.6. The summed E-state index contributed by atoms with van der Waals surface area (Å²) in [4.78, 5) is 40.8. The maximum Gasteiger partial charge on any atom is 0.342 e. The fourth-order valence-electron chi connectivity index (χ4n) is 6.31. The minimum absolute atomic E-state index is 0.0129. The summed E-state index contributed by atoms with van der Waals surface area (Å²) >= 11 is 0. The van der Waals surface area contributed by atoms with E-state index < -0.39 is 41.2 Å². The van der Waals surface area contributed by atoms with E-state index in [4.69, 9.17) is 18.9 Å². The van der Waals surface area contributed by atoms with Crippen LogP contribution in [-0.4, -0.2) is 83.9 Å². The van der Waals surface area contributed by atoms with E-state index in [0.717, 1.165) is 18.2 Å². The van der Waals surface area contributed by atoms with Crippen molar-refractivity contribution in [3.8, 4) is 11.5 Å². The fraction of sp³-hybridized carbons (Fsp3) is 0.607. The molecule has 212 valence electrons. The van der Waals surface area contributed by atoms with Crippen molar-refractivity contribution in [2.75, 3.05) is 27.6 Å². The van der Waals surface area contributed by atoms with Gasteiger partial charge in [-0.2, -0.15) is 0 Å². The number of aliphatic hydroxyl groups excluding tert-OH is 1. The third kappa shape index (κ3) is 4.31. The zero-order valence-electron chi connectivity index (χ0n) is 22.6. The molecule has 1 aromatic rings. The average Bonchev–Trinajstić information content (AvgIpc) is 3.57. The highest BCUT2D eigenvalue weighted by atomic mass is 16.7. The van der Waals surface area contributed by atoms with Gasteiger partial charge in [0.25, 0.3) is 0 Å². The SMILES string of the molecule is COC(=O)C(O)C(O)(CCC(C)C)C(=O)OC1C(OC)=CC23CCC(=O)N2CCc2cc4c(cc2C13)OCO4. The summed E-state index contributed by atoms with van der Waals surface area (Å²) in [7, 11) is 2.51. The van der Waals surface area contributed by atoms with Gasteiger partial charge in [-0.1, -0.05) is 13.8 Å². The Balaban J connectivity index is 1.58. The van der Waals surface area contributed by atoms with Gasteiger partial charge in [0.05, 0.1) is 25.7 Å². The van der Waals surface area contributed by atoms with Crippen LogP contribution in [0.15, 0.2) is 24.0 Å². The average molecular weight is 546 g/mol. The number of amides is 1. The molecule has 0 saturated carbocycles. The molecule has 2 N–H and O–H groups in total. The highest BCUT2D eigenvalue weighted by Crippen LogP contribution is 2.56. The minimum atomic E-state index is -2.56. The first kappa shape index (κ1) is 27.3. The Bertz CT molecular complexity index is 1210. The number of fused-ring (bicyclic) bond motifs is 3. The third-order valence-corrected chi connectivity index (χ3v) is 8.43. The topological polar surface area (TPSA) is 141 Å². The van der Waals surface area contributed by atoms with Crippen molar-refractivity contribution in [3.05, 3.63) is 35.1 Å². The molecule has 1 amide bonds. The molecule has 5 unspecified atom stereocenters. The van der Waals surface area contributed by atoms with Crippen LogP contribution >= 0.6 is 0 Å². The molecule has 1 aliphatic carbocycles. The van der Waals surface area contributed by atoms with Crippen LogP contribution in [0, 0.1) is 5.92 Å². The van der Waals surface area contributed by atoms with Crippen molar-refractivity contribution in [2.24, 2.45) is 5.92 Å². The van der Waals surface area contributed by atoms with E-state index in [-0.39, 0.29) is 25.0 Å². The van der Waals surface area contributed by atoms with E-state index in [1.807, 2.05) is 37.0 Å². The number of carbonyl (C=O) groups excluding carboxylic acids is 3. The molecule has 11 nitrogen and oxygen atoms in total. The molecule has 4 aliphatic rings. The first-order valence-corrected chi connectivity index (χ1v) is 13.2. The van der Waals surface area contributed by atoms with Crippen LogP contribution < -0.4 is 9.47 Å². The normalized spacial score (nSPS) is 27.1. The zero-order chi connectivity index (χ0) is 28.1. The Kier molecular flexibility index (Phi) is 7.00. The second kappa shape index (κ2) is 10.0. The number of methoxy groups -OCH3 is 2. The maximum absolute atomic E-state index is 13.7. The lowest BCUT2D eigenvalue weighted by atomic mass is 9.77. The number of ether oxygens (including phenoxy) is 5. The van der Waals surface area contributed by atoms with Gasteiger partial charge < -0.3 is 38.8 Å². The van der Waals surface area contributed by atoms with Gasteiger partial charge in [0.1, 0.15) is 5.76 Å². The first-order valence-electron chi connectivity index (χ1n) is 13.2. The molecular weight excluding hydrogens is 510 g/mol. The molecule has 1 fully saturated rings. The van der Waals surface area contributed by atoms with Gasteiger partial charge in [0, 0.05) is 13.0 Å². The van der Waals surface area contributed by atoms with Crippen molar-refractivity contribution in [1.29, 1.82) is 0 Å². The summed E-state index contributed by atoms with van der Waals surface area (Å²) in [5.41, 5.74) is -1.65. The van der Waals surface area contributed by atoms with Crippen molar-refractivity contribution >= 4 is 17.8 Å². The molecule has 5 rings (SSSR count). The van der Waals surface area contributed by atoms with Crippen LogP contribution in [0.4, 0.5) is 0 Å². The molecule has 0 aromatic heterocycles. The van der Waals surface area contributed by atoms with Gasteiger partial charge in [-0.05, 0) is 60.9 Å².